The van der Waals surface area contributed by atoms with Gasteiger partial charge in [0.25, 0.3) is 0 Å². The molecule has 0 saturated carbocycles. The molecule has 7 nitrogen and oxygen atoms in total. The molecule has 7 heteroatoms. The van der Waals surface area contributed by atoms with Crippen LogP contribution in [0.15, 0.2) is 54.6 Å². The third kappa shape index (κ3) is 4.02. The number of allylic oxidation sites excluding steroid dienone is 1. The first-order valence-corrected chi connectivity index (χ1v) is 11.5. The largest absolute Gasteiger partial charge is 0.394 e. The number of hydrogen-bond acceptors (Lipinski definition) is 4. The van der Waals surface area contributed by atoms with Crippen LogP contribution in [0.25, 0.3) is 10.8 Å². The molecule has 3 amide bonds. The fraction of sp³-hybridized carbons (Fsp3) is 0.423. The summed E-state index contributed by atoms with van der Waals surface area (Å²) in [6.45, 7) is 3.55. The summed E-state index contributed by atoms with van der Waals surface area (Å²) in [7, 11) is 1.56. The lowest BCUT2D eigenvalue weighted by Crippen LogP contribution is -2.50. The summed E-state index contributed by atoms with van der Waals surface area (Å²) in [6.07, 6.45) is 4.33. The number of carbonyl (C=O) groups excluding carboxylic acids is 3. The maximum atomic E-state index is 13.6. The smallest absolute Gasteiger partial charge is 0.247 e. The molecule has 2 aromatic rings. The molecule has 0 unspecified atom stereocenters. The number of nitrogens with zero attached hydrogens (tertiary/aromatic N) is 1. The second-order valence-corrected chi connectivity index (χ2v) is 8.97. The van der Waals surface area contributed by atoms with Gasteiger partial charge in [0.05, 0.1) is 24.5 Å². The van der Waals surface area contributed by atoms with Crippen molar-refractivity contribution in [3.63, 3.8) is 0 Å². The molecule has 1 aliphatic carbocycles. The van der Waals surface area contributed by atoms with Crippen LogP contribution in [0.2, 0.25) is 0 Å². The minimum Gasteiger partial charge on any atom is -0.394 e. The number of nitrogens with one attached hydrogen (secondary N) is 2. The van der Waals surface area contributed by atoms with E-state index in [0.717, 1.165) is 10.8 Å². The predicted molar refractivity (Wildman–Crippen MR) is 127 cm³/mol. The van der Waals surface area contributed by atoms with Gasteiger partial charge in [-0.2, -0.15) is 0 Å². The summed E-state index contributed by atoms with van der Waals surface area (Å²) >= 11 is 0. The molecular weight excluding hydrogens is 418 g/mol. The van der Waals surface area contributed by atoms with Crippen LogP contribution in [0.1, 0.15) is 20.3 Å². The summed E-state index contributed by atoms with van der Waals surface area (Å²) in [5.41, 5.74) is 0.641. The monoisotopic (exact) mass is 449 g/mol. The van der Waals surface area contributed by atoms with E-state index in [-0.39, 0.29) is 30.2 Å². The van der Waals surface area contributed by atoms with Gasteiger partial charge in [0, 0.05) is 18.7 Å². The van der Waals surface area contributed by atoms with Gasteiger partial charge in [0.15, 0.2) is 0 Å². The molecule has 0 aromatic heterocycles. The molecule has 33 heavy (non-hydrogen) atoms. The van der Waals surface area contributed by atoms with E-state index in [1.165, 1.54) is 4.90 Å². The van der Waals surface area contributed by atoms with E-state index >= 15 is 0 Å². The van der Waals surface area contributed by atoms with Crippen LogP contribution >= 0.6 is 0 Å². The number of anilines is 1. The molecule has 1 heterocycles. The Balaban J connectivity index is 1.71. The van der Waals surface area contributed by atoms with Crippen LogP contribution < -0.4 is 10.6 Å². The third-order valence-corrected chi connectivity index (χ3v) is 7.12. The fourth-order valence-corrected chi connectivity index (χ4v) is 5.40. The van der Waals surface area contributed by atoms with Gasteiger partial charge in [-0.25, -0.2) is 0 Å². The number of benzene rings is 2. The average Bonchev–Trinajstić information content (AvgIpc) is 3.12. The maximum Gasteiger partial charge on any atom is 0.247 e. The molecule has 174 valence electrons. The maximum absolute atomic E-state index is 13.6. The zero-order chi connectivity index (χ0) is 23.7. The van der Waals surface area contributed by atoms with Crippen LogP contribution in [0.3, 0.4) is 0 Å². The van der Waals surface area contributed by atoms with Crippen LogP contribution in [0, 0.1) is 23.7 Å². The molecule has 0 spiro atoms. The van der Waals surface area contributed by atoms with Crippen molar-refractivity contribution in [1.82, 2.24) is 10.2 Å². The van der Waals surface area contributed by atoms with Crippen LogP contribution in [-0.4, -0.2) is 53.5 Å². The van der Waals surface area contributed by atoms with Crippen LogP contribution in [0.4, 0.5) is 5.69 Å². The molecule has 1 aliphatic heterocycles. The minimum absolute atomic E-state index is 0.131. The van der Waals surface area contributed by atoms with E-state index < -0.39 is 29.8 Å². The first-order valence-electron chi connectivity index (χ1n) is 11.5. The second kappa shape index (κ2) is 9.35. The predicted octanol–water partition coefficient (Wildman–Crippen LogP) is 2.56. The number of amides is 3. The lowest BCUT2D eigenvalue weighted by atomic mass is 9.70. The quantitative estimate of drug-likeness (QED) is 0.591. The zero-order valence-corrected chi connectivity index (χ0v) is 19.2. The van der Waals surface area contributed by atoms with Crippen LogP contribution in [-0.2, 0) is 14.4 Å². The molecule has 4 rings (SSSR count). The first kappa shape index (κ1) is 23.0. The van der Waals surface area contributed by atoms with Crippen molar-refractivity contribution in [2.75, 3.05) is 19.0 Å². The SMILES string of the molecule is CC[C@@H](CO)N1C(=O)[C@H]2[C@H](C=C[C@@H](C)[C@H]2C(=O)NC)[C@H]1C(=O)Nc1ccc2ccccc2c1. The Bertz CT molecular complexity index is 1090. The van der Waals surface area contributed by atoms with E-state index in [2.05, 4.69) is 10.6 Å². The number of hydrogen-bond donors (Lipinski definition) is 3. The van der Waals surface area contributed by atoms with E-state index in [0.29, 0.717) is 12.1 Å². The van der Waals surface area contributed by atoms with Crippen LogP contribution in [0.5, 0.6) is 0 Å². The number of aliphatic hydroxyl groups excluding tert-OH is 1. The Hall–Kier alpha value is -3.19. The van der Waals surface area contributed by atoms with Gasteiger partial charge in [-0.05, 0) is 35.2 Å². The topological polar surface area (TPSA) is 98.7 Å². The number of aliphatic hydroxyl groups is 1. The summed E-state index contributed by atoms with van der Waals surface area (Å²) in [5, 5.41) is 17.7. The Kier molecular flexibility index (Phi) is 6.51. The Morgan fingerprint density at radius 1 is 1.09 bits per heavy atom. The number of fused-ring (bicyclic) bond motifs is 2. The van der Waals surface area contributed by atoms with E-state index in [9.17, 15) is 19.5 Å². The van der Waals surface area contributed by atoms with Gasteiger partial charge in [-0.1, -0.05) is 56.3 Å². The first-order chi connectivity index (χ1) is 15.9. The molecule has 2 aliphatic rings. The summed E-state index contributed by atoms with van der Waals surface area (Å²) in [5.74, 6) is -2.54. The van der Waals surface area contributed by atoms with Crippen molar-refractivity contribution in [2.24, 2.45) is 23.7 Å². The molecule has 1 saturated heterocycles. The van der Waals surface area contributed by atoms with Crippen molar-refractivity contribution >= 4 is 34.2 Å². The average molecular weight is 450 g/mol. The van der Waals surface area contributed by atoms with Gasteiger partial charge in [-0.3, -0.25) is 14.4 Å². The lowest BCUT2D eigenvalue weighted by Gasteiger charge is -2.33. The van der Waals surface area contributed by atoms with Gasteiger partial charge in [-0.15, -0.1) is 0 Å². The van der Waals surface area contributed by atoms with Crippen molar-refractivity contribution in [3.05, 3.63) is 54.6 Å². The zero-order valence-electron chi connectivity index (χ0n) is 19.2. The highest BCUT2D eigenvalue weighted by Crippen LogP contribution is 2.45. The minimum atomic E-state index is -0.804. The van der Waals surface area contributed by atoms with Gasteiger partial charge >= 0.3 is 0 Å². The lowest BCUT2D eigenvalue weighted by molar-refractivity contribution is -0.142. The van der Waals surface area contributed by atoms with E-state index in [1.54, 1.807) is 7.05 Å². The highest BCUT2D eigenvalue weighted by atomic mass is 16.3. The normalized spacial score (nSPS) is 27.3. The molecule has 0 bridgehead atoms. The highest BCUT2D eigenvalue weighted by Gasteiger charge is 2.57. The van der Waals surface area contributed by atoms with E-state index in [4.69, 9.17) is 0 Å². The van der Waals surface area contributed by atoms with Crippen molar-refractivity contribution < 1.29 is 19.5 Å². The highest BCUT2D eigenvalue weighted by molar-refractivity contribution is 6.03. The van der Waals surface area contributed by atoms with E-state index in [1.807, 2.05) is 68.5 Å². The number of likely N-dealkylation sites (tertiary alicyclic amines) is 1. The summed E-state index contributed by atoms with van der Waals surface area (Å²) < 4.78 is 0. The standard InChI is InChI=1S/C26H31N3O4/c1-4-19(14-30)29-23(20-12-9-15(2)21(24(31)27-3)22(20)26(29)33)25(32)28-18-11-10-16-7-5-6-8-17(16)13-18/h5-13,15,19-23,30H,4,14H2,1-3H3,(H,27,31)(H,28,32)/t15-,19+,20+,21-,22+,23+/m1/s1. The van der Waals surface area contributed by atoms with Gasteiger partial charge in [0.1, 0.15) is 6.04 Å². The van der Waals surface area contributed by atoms with Crippen molar-refractivity contribution in [3.8, 4) is 0 Å². The van der Waals surface area contributed by atoms with Crippen molar-refractivity contribution in [2.45, 2.75) is 32.4 Å². The Morgan fingerprint density at radius 3 is 2.48 bits per heavy atom. The number of rotatable bonds is 6. The number of carbonyl (C=O) groups is 3. The molecule has 2 aromatic carbocycles. The summed E-state index contributed by atoms with van der Waals surface area (Å²) in [6, 6.07) is 12.3. The van der Waals surface area contributed by atoms with Gasteiger partial charge < -0.3 is 20.6 Å². The summed E-state index contributed by atoms with van der Waals surface area (Å²) in [4.78, 5) is 41.5. The second-order valence-electron chi connectivity index (χ2n) is 8.97. The molecule has 0 radical (unpaired) electrons. The molecule has 3 N–H and O–H groups in total. The molecular formula is C26H31N3O4. The van der Waals surface area contributed by atoms with Gasteiger partial charge in [0.2, 0.25) is 17.7 Å². The molecule has 6 atom stereocenters. The van der Waals surface area contributed by atoms with Crippen molar-refractivity contribution in [1.29, 1.82) is 0 Å². The Morgan fingerprint density at radius 2 is 1.82 bits per heavy atom. The molecule has 1 fully saturated rings. The fourth-order valence-electron chi connectivity index (χ4n) is 5.40. The Labute approximate surface area is 193 Å². The third-order valence-electron chi connectivity index (χ3n) is 7.12.